The summed E-state index contributed by atoms with van der Waals surface area (Å²) in [7, 11) is 0. The van der Waals surface area contributed by atoms with Crippen molar-refractivity contribution in [2.24, 2.45) is 5.73 Å². The second-order valence-electron chi connectivity index (χ2n) is 4.28. The fraction of sp³-hybridized carbons (Fsp3) is 0.200. The molecule has 1 atom stereocenters. The van der Waals surface area contributed by atoms with Gasteiger partial charge in [0.15, 0.2) is 0 Å². The van der Waals surface area contributed by atoms with Crippen LogP contribution in [-0.4, -0.2) is 0 Å². The van der Waals surface area contributed by atoms with Crippen LogP contribution in [0.3, 0.4) is 0 Å². The predicted molar refractivity (Wildman–Crippen MR) is 78.3 cm³/mol. The van der Waals surface area contributed by atoms with Crippen molar-refractivity contribution in [2.75, 3.05) is 0 Å². The molecule has 0 bridgehead atoms. The molecule has 94 valence electrons. The number of rotatable bonds is 3. The first-order valence-electron chi connectivity index (χ1n) is 5.90. The molecule has 1 unspecified atom stereocenters. The maximum absolute atomic E-state index is 6.23. The fourth-order valence-electron chi connectivity index (χ4n) is 1.91. The molecule has 2 aromatic carbocycles. The highest BCUT2D eigenvalue weighted by atomic mass is 35.5. The highest BCUT2D eigenvalue weighted by molar-refractivity contribution is 6.34. The van der Waals surface area contributed by atoms with Gasteiger partial charge in [-0.25, -0.2) is 0 Å². The maximum atomic E-state index is 6.23. The van der Waals surface area contributed by atoms with Gasteiger partial charge in [-0.15, -0.1) is 0 Å². The minimum Gasteiger partial charge on any atom is -0.320 e. The number of hydrogen-bond donors (Lipinski definition) is 1. The van der Waals surface area contributed by atoms with Crippen LogP contribution in [-0.2, 0) is 6.42 Å². The average Bonchev–Trinajstić information content (AvgIpc) is 2.37. The van der Waals surface area contributed by atoms with Crippen LogP contribution in [0.25, 0.3) is 0 Å². The number of aryl methyl sites for hydroxylation is 1. The van der Waals surface area contributed by atoms with Gasteiger partial charge in [0, 0.05) is 10.0 Å². The number of nitrogens with two attached hydrogens (primary N) is 1. The number of hydrogen-bond acceptors (Lipinski definition) is 1. The molecule has 0 saturated carbocycles. The van der Waals surface area contributed by atoms with Crippen molar-refractivity contribution in [3.05, 3.63) is 69.2 Å². The lowest BCUT2D eigenvalue weighted by molar-refractivity contribution is 0.870. The van der Waals surface area contributed by atoms with E-state index in [2.05, 4.69) is 31.2 Å². The second kappa shape index (κ2) is 5.75. The monoisotopic (exact) mass is 279 g/mol. The van der Waals surface area contributed by atoms with E-state index in [9.17, 15) is 0 Å². The molecule has 0 aliphatic rings. The summed E-state index contributed by atoms with van der Waals surface area (Å²) in [4.78, 5) is 0. The molecule has 0 aliphatic heterocycles. The highest BCUT2D eigenvalue weighted by Crippen LogP contribution is 2.26. The molecule has 0 radical (unpaired) electrons. The van der Waals surface area contributed by atoms with Crippen molar-refractivity contribution in [3.8, 4) is 0 Å². The Balaban J connectivity index is 2.31. The van der Waals surface area contributed by atoms with Gasteiger partial charge in [-0.2, -0.15) is 0 Å². The number of halogens is 2. The summed E-state index contributed by atoms with van der Waals surface area (Å²) in [6.07, 6.45) is 1.03. The first-order chi connectivity index (χ1) is 8.60. The summed E-state index contributed by atoms with van der Waals surface area (Å²) >= 11 is 12.0. The van der Waals surface area contributed by atoms with E-state index in [0.29, 0.717) is 10.0 Å². The van der Waals surface area contributed by atoms with E-state index in [1.165, 1.54) is 5.56 Å². The van der Waals surface area contributed by atoms with Gasteiger partial charge in [-0.1, -0.05) is 54.4 Å². The first-order valence-corrected chi connectivity index (χ1v) is 6.66. The Hall–Kier alpha value is -1.02. The van der Waals surface area contributed by atoms with Gasteiger partial charge in [0.05, 0.1) is 6.04 Å². The fourth-order valence-corrected chi connectivity index (χ4v) is 2.45. The molecule has 0 fully saturated rings. The summed E-state index contributed by atoms with van der Waals surface area (Å²) in [5.41, 5.74) is 9.52. The predicted octanol–water partition coefficient (Wildman–Crippen LogP) is 4.60. The topological polar surface area (TPSA) is 26.0 Å². The lowest BCUT2D eigenvalue weighted by Crippen LogP contribution is -2.11. The Bertz CT molecular complexity index is 514. The van der Waals surface area contributed by atoms with Gasteiger partial charge in [-0.05, 0) is 41.3 Å². The normalized spacial score (nSPS) is 12.4. The molecule has 2 rings (SSSR count). The van der Waals surface area contributed by atoms with E-state index in [1.807, 2.05) is 12.1 Å². The van der Waals surface area contributed by atoms with E-state index in [-0.39, 0.29) is 6.04 Å². The molecule has 0 saturated heterocycles. The molecule has 3 heteroatoms. The lowest BCUT2D eigenvalue weighted by atomic mass is 9.98. The molecule has 2 N–H and O–H groups in total. The van der Waals surface area contributed by atoms with Crippen molar-refractivity contribution in [2.45, 2.75) is 19.4 Å². The molecule has 0 aliphatic carbocycles. The Morgan fingerprint density at radius 3 is 2.00 bits per heavy atom. The van der Waals surface area contributed by atoms with Crippen LogP contribution < -0.4 is 5.73 Å². The molecule has 1 nitrogen and oxygen atoms in total. The van der Waals surface area contributed by atoms with Crippen LogP contribution in [0, 0.1) is 0 Å². The van der Waals surface area contributed by atoms with E-state index in [4.69, 9.17) is 28.9 Å². The summed E-state index contributed by atoms with van der Waals surface area (Å²) in [5.74, 6) is 0. The third-order valence-electron chi connectivity index (χ3n) is 2.99. The molecule has 0 spiro atoms. The minimum absolute atomic E-state index is 0.202. The summed E-state index contributed by atoms with van der Waals surface area (Å²) < 4.78 is 0. The lowest BCUT2D eigenvalue weighted by Gasteiger charge is -2.14. The Morgan fingerprint density at radius 1 is 0.944 bits per heavy atom. The largest absolute Gasteiger partial charge is 0.320 e. The van der Waals surface area contributed by atoms with Gasteiger partial charge in [0.25, 0.3) is 0 Å². The van der Waals surface area contributed by atoms with Gasteiger partial charge in [-0.3, -0.25) is 0 Å². The minimum atomic E-state index is -0.202. The quantitative estimate of drug-likeness (QED) is 0.873. The Morgan fingerprint density at radius 2 is 1.50 bits per heavy atom. The zero-order valence-corrected chi connectivity index (χ0v) is 11.7. The van der Waals surface area contributed by atoms with Gasteiger partial charge >= 0.3 is 0 Å². The van der Waals surface area contributed by atoms with Crippen molar-refractivity contribution in [1.29, 1.82) is 0 Å². The molecule has 2 aromatic rings. The van der Waals surface area contributed by atoms with Crippen LogP contribution in [0.5, 0.6) is 0 Å². The SMILES string of the molecule is CCc1ccc(C(N)c2cc(Cl)cc(Cl)c2)cc1. The maximum Gasteiger partial charge on any atom is 0.0552 e. The van der Waals surface area contributed by atoms with Gasteiger partial charge < -0.3 is 5.73 Å². The van der Waals surface area contributed by atoms with E-state index < -0.39 is 0 Å². The van der Waals surface area contributed by atoms with E-state index >= 15 is 0 Å². The van der Waals surface area contributed by atoms with Gasteiger partial charge in [0.2, 0.25) is 0 Å². The van der Waals surface area contributed by atoms with Crippen LogP contribution >= 0.6 is 23.2 Å². The average molecular weight is 280 g/mol. The smallest absolute Gasteiger partial charge is 0.0552 e. The zero-order valence-electron chi connectivity index (χ0n) is 10.2. The Kier molecular flexibility index (Phi) is 4.28. The van der Waals surface area contributed by atoms with Crippen molar-refractivity contribution < 1.29 is 0 Å². The molecule has 0 amide bonds. The second-order valence-corrected chi connectivity index (χ2v) is 5.15. The van der Waals surface area contributed by atoms with Crippen LogP contribution in [0.2, 0.25) is 10.0 Å². The third kappa shape index (κ3) is 3.05. The summed E-state index contributed by atoms with van der Waals surface area (Å²) in [6.45, 7) is 2.13. The third-order valence-corrected chi connectivity index (χ3v) is 3.43. The van der Waals surface area contributed by atoms with Crippen LogP contribution in [0.15, 0.2) is 42.5 Å². The van der Waals surface area contributed by atoms with Crippen molar-refractivity contribution in [1.82, 2.24) is 0 Å². The van der Waals surface area contributed by atoms with Crippen LogP contribution in [0.4, 0.5) is 0 Å². The standard InChI is InChI=1S/C15H15Cl2N/c1-2-10-3-5-11(6-4-10)15(18)12-7-13(16)9-14(17)8-12/h3-9,15H,2,18H2,1H3. The first kappa shape index (κ1) is 13.4. The zero-order chi connectivity index (χ0) is 13.1. The Labute approximate surface area is 118 Å². The molecular formula is C15H15Cl2N. The number of benzene rings is 2. The molecule has 0 aromatic heterocycles. The van der Waals surface area contributed by atoms with Crippen molar-refractivity contribution in [3.63, 3.8) is 0 Å². The molecule has 18 heavy (non-hydrogen) atoms. The summed E-state index contributed by atoms with van der Waals surface area (Å²) in [6, 6.07) is 13.5. The summed E-state index contributed by atoms with van der Waals surface area (Å²) in [5, 5.41) is 1.22. The van der Waals surface area contributed by atoms with Gasteiger partial charge in [0.1, 0.15) is 0 Å². The van der Waals surface area contributed by atoms with Crippen LogP contribution in [0.1, 0.15) is 29.7 Å². The molecule has 0 heterocycles. The highest BCUT2D eigenvalue weighted by Gasteiger charge is 2.10. The van der Waals surface area contributed by atoms with E-state index in [1.54, 1.807) is 6.07 Å². The van der Waals surface area contributed by atoms with Crippen molar-refractivity contribution >= 4 is 23.2 Å². The molecular weight excluding hydrogens is 265 g/mol. The van der Waals surface area contributed by atoms with E-state index in [0.717, 1.165) is 17.5 Å².